The Kier molecular flexibility index (Phi) is 5.85. The Hall–Kier alpha value is -2.74. The van der Waals surface area contributed by atoms with Crippen molar-refractivity contribution in [2.75, 3.05) is 13.1 Å². The van der Waals surface area contributed by atoms with Crippen molar-refractivity contribution in [3.8, 4) is 0 Å². The van der Waals surface area contributed by atoms with E-state index < -0.39 is 4.92 Å². The summed E-state index contributed by atoms with van der Waals surface area (Å²) in [6.45, 7) is 3.02. The summed E-state index contributed by atoms with van der Waals surface area (Å²) in [5.41, 5.74) is 1.52. The number of nitrogens with zero attached hydrogens (tertiary/aromatic N) is 2. The topological polar surface area (TPSA) is 92.6 Å². The van der Waals surface area contributed by atoms with Crippen LogP contribution in [0, 0.1) is 10.1 Å². The molecule has 0 unspecified atom stereocenters. The smallest absolute Gasteiger partial charge is 0.269 e. The summed E-state index contributed by atoms with van der Waals surface area (Å²) in [4.78, 5) is 38.2. The minimum absolute atomic E-state index is 0.0303. The van der Waals surface area contributed by atoms with Crippen molar-refractivity contribution >= 4 is 28.8 Å². The Bertz CT molecular complexity index is 847. The number of carbonyl (C=O) groups is 2. The second-order valence-corrected chi connectivity index (χ2v) is 7.37. The number of carbonyl (C=O) groups excluding carboxylic acids is 2. The van der Waals surface area contributed by atoms with Gasteiger partial charge in [0.15, 0.2) is 0 Å². The molecule has 1 aromatic heterocycles. The van der Waals surface area contributed by atoms with Crippen LogP contribution in [0.3, 0.4) is 0 Å². The molecule has 2 heterocycles. The first kappa shape index (κ1) is 19.0. The third kappa shape index (κ3) is 4.16. The highest BCUT2D eigenvalue weighted by atomic mass is 32.1. The van der Waals surface area contributed by atoms with Crippen molar-refractivity contribution in [3.63, 3.8) is 0 Å². The van der Waals surface area contributed by atoms with Gasteiger partial charge in [-0.15, -0.1) is 11.3 Å². The Morgan fingerprint density at radius 1 is 1.30 bits per heavy atom. The molecule has 142 valence electrons. The van der Waals surface area contributed by atoms with Gasteiger partial charge in [0.1, 0.15) is 0 Å². The highest BCUT2D eigenvalue weighted by molar-refractivity contribution is 7.10. The quantitative estimate of drug-likeness (QED) is 0.608. The van der Waals surface area contributed by atoms with Crippen LogP contribution in [-0.4, -0.2) is 34.7 Å². The Labute approximate surface area is 161 Å². The molecule has 1 N–H and O–H groups in total. The molecule has 1 aliphatic heterocycles. The van der Waals surface area contributed by atoms with Crippen molar-refractivity contribution < 1.29 is 14.5 Å². The van der Waals surface area contributed by atoms with E-state index in [1.54, 1.807) is 11.3 Å². The molecule has 1 aliphatic rings. The van der Waals surface area contributed by atoms with E-state index in [0.717, 1.165) is 12.8 Å². The van der Waals surface area contributed by atoms with E-state index in [1.165, 1.54) is 34.7 Å². The van der Waals surface area contributed by atoms with Crippen molar-refractivity contribution in [1.29, 1.82) is 0 Å². The summed E-state index contributed by atoms with van der Waals surface area (Å²) < 4.78 is 0. The molecule has 2 aromatic rings. The Balaban J connectivity index is 1.53. The summed E-state index contributed by atoms with van der Waals surface area (Å²) >= 11 is 1.74. The van der Waals surface area contributed by atoms with Crippen LogP contribution in [0.25, 0.3) is 0 Å². The van der Waals surface area contributed by atoms with Crippen molar-refractivity contribution in [2.24, 2.45) is 0 Å². The number of benzene rings is 1. The normalized spacial score (nSPS) is 15.9. The van der Waals surface area contributed by atoms with Gasteiger partial charge >= 0.3 is 0 Å². The molecule has 1 aromatic carbocycles. The van der Waals surface area contributed by atoms with Gasteiger partial charge in [0, 0.05) is 42.1 Å². The SMILES string of the molecule is CC[C@@H]1c2ccsc2CCN1C(=O)CCNC(=O)c1ccc([N+](=O)[O-])cc1. The number of non-ortho nitro benzene ring substituents is 1. The zero-order valence-electron chi connectivity index (χ0n) is 15.0. The number of fused-ring (bicyclic) bond motifs is 1. The Morgan fingerprint density at radius 3 is 2.70 bits per heavy atom. The van der Waals surface area contributed by atoms with E-state index in [0.29, 0.717) is 12.1 Å². The van der Waals surface area contributed by atoms with Crippen LogP contribution in [0.2, 0.25) is 0 Å². The first-order valence-electron chi connectivity index (χ1n) is 8.89. The predicted molar refractivity (Wildman–Crippen MR) is 103 cm³/mol. The molecular formula is C19H21N3O4S. The van der Waals surface area contributed by atoms with Gasteiger partial charge in [-0.05, 0) is 42.0 Å². The maximum atomic E-state index is 12.6. The monoisotopic (exact) mass is 387 g/mol. The van der Waals surface area contributed by atoms with Gasteiger partial charge in [-0.25, -0.2) is 0 Å². The van der Waals surface area contributed by atoms with E-state index in [1.807, 2.05) is 4.90 Å². The number of nitrogens with one attached hydrogen (secondary N) is 1. The molecule has 7 nitrogen and oxygen atoms in total. The van der Waals surface area contributed by atoms with Gasteiger partial charge in [-0.2, -0.15) is 0 Å². The molecule has 2 amide bonds. The molecule has 3 rings (SSSR count). The second-order valence-electron chi connectivity index (χ2n) is 6.37. The lowest BCUT2D eigenvalue weighted by Gasteiger charge is -2.35. The fourth-order valence-corrected chi connectivity index (χ4v) is 4.33. The molecule has 8 heteroatoms. The van der Waals surface area contributed by atoms with Crippen LogP contribution < -0.4 is 5.32 Å². The lowest BCUT2D eigenvalue weighted by Crippen LogP contribution is -2.40. The standard InChI is InChI=1S/C19H21N3O4S/c1-2-16-15-9-12-27-17(15)8-11-21(16)18(23)7-10-20-19(24)13-3-5-14(6-4-13)22(25)26/h3-6,9,12,16H,2,7-8,10-11H2,1H3,(H,20,24)/t16-/m1/s1. The molecule has 1 atom stereocenters. The van der Waals surface area contributed by atoms with Crippen LogP contribution in [-0.2, 0) is 11.2 Å². The molecule has 0 fully saturated rings. The van der Waals surface area contributed by atoms with E-state index >= 15 is 0 Å². The largest absolute Gasteiger partial charge is 0.352 e. The molecule has 0 spiro atoms. The maximum absolute atomic E-state index is 12.6. The average molecular weight is 387 g/mol. The van der Waals surface area contributed by atoms with Gasteiger partial charge in [-0.3, -0.25) is 19.7 Å². The molecule has 0 radical (unpaired) electrons. The Morgan fingerprint density at radius 2 is 2.04 bits per heavy atom. The number of amides is 2. The van der Waals surface area contributed by atoms with Crippen molar-refractivity contribution in [3.05, 3.63) is 61.8 Å². The van der Waals surface area contributed by atoms with E-state index in [-0.39, 0.29) is 36.5 Å². The van der Waals surface area contributed by atoms with Crippen LogP contribution >= 0.6 is 11.3 Å². The van der Waals surface area contributed by atoms with Gasteiger partial charge in [0.25, 0.3) is 11.6 Å². The van der Waals surface area contributed by atoms with Crippen LogP contribution in [0.4, 0.5) is 5.69 Å². The summed E-state index contributed by atoms with van der Waals surface area (Å²) in [5, 5.41) is 15.4. The lowest BCUT2D eigenvalue weighted by molar-refractivity contribution is -0.384. The number of rotatable bonds is 6. The first-order valence-corrected chi connectivity index (χ1v) is 9.77. The van der Waals surface area contributed by atoms with Gasteiger partial charge < -0.3 is 10.2 Å². The first-order chi connectivity index (χ1) is 13.0. The summed E-state index contributed by atoms with van der Waals surface area (Å²) in [7, 11) is 0. The molecule has 0 aliphatic carbocycles. The lowest BCUT2D eigenvalue weighted by atomic mass is 9.97. The number of nitro groups is 1. The number of thiophene rings is 1. The van der Waals surface area contributed by atoms with Crippen LogP contribution in [0.1, 0.15) is 46.6 Å². The van der Waals surface area contributed by atoms with E-state index in [2.05, 4.69) is 23.7 Å². The van der Waals surface area contributed by atoms with Crippen molar-refractivity contribution in [1.82, 2.24) is 10.2 Å². The molecule has 27 heavy (non-hydrogen) atoms. The highest BCUT2D eigenvalue weighted by Crippen LogP contribution is 2.35. The fourth-order valence-electron chi connectivity index (χ4n) is 3.40. The summed E-state index contributed by atoms with van der Waals surface area (Å²) in [6, 6.07) is 7.61. The van der Waals surface area contributed by atoms with E-state index in [9.17, 15) is 19.7 Å². The summed E-state index contributed by atoms with van der Waals surface area (Å²) in [6.07, 6.45) is 1.98. The van der Waals surface area contributed by atoms with Gasteiger partial charge in [0.05, 0.1) is 11.0 Å². The number of hydrogen-bond acceptors (Lipinski definition) is 5. The minimum Gasteiger partial charge on any atom is -0.352 e. The highest BCUT2D eigenvalue weighted by Gasteiger charge is 2.29. The maximum Gasteiger partial charge on any atom is 0.269 e. The van der Waals surface area contributed by atoms with Crippen molar-refractivity contribution in [2.45, 2.75) is 32.2 Å². The zero-order chi connectivity index (χ0) is 19.4. The minimum atomic E-state index is -0.512. The molecule has 0 saturated heterocycles. The number of hydrogen-bond donors (Lipinski definition) is 1. The number of nitro benzene ring substituents is 1. The van der Waals surface area contributed by atoms with E-state index in [4.69, 9.17) is 0 Å². The zero-order valence-corrected chi connectivity index (χ0v) is 15.8. The molecule has 0 bridgehead atoms. The van der Waals surface area contributed by atoms with Gasteiger partial charge in [-0.1, -0.05) is 6.92 Å². The third-order valence-corrected chi connectivity index (χ3v) is 5.76. The van der Waals surface area contributed by atoms with Crippen LogP contribution in [0.5, 0.6) is 0 Å². The molecule has 0 saturated carbocycles. The molecular weight excluding hydrogens is 366 g/mol. The third-order valence-electron chi connectivity index (χ3n) is 4.77. The average Bonchev–Trinajstić information content (AvgIpc) is 3.15. The second kappa shape index (κ2) is 8.30. The van der Waals surface area contributed by atoms with Gasteiger partial charge in [0.2, 0.25) is 5.91 Å². The fraction of sp³-hybridized carbons (Fsp3) is 0.368. The van der Waals surface area contributed by atoms with Crippen LogP contribution in [0.15, 0.2) is 35.7 Å². The summed E-state index contributed by atoms with van der Waals surface area (Å²) in [5.74, 6) is -0.314. The predicted octanol–water partition coefficient (Wildman–Crippen LogP) is 3.31.